The summed E-state index contributed by atoms with van der Waals surface area (Å²) < 4.78 is 5.28. The van der Waals surface area contributed by atoms with Crippen molar-refractivity contribution in [2.75, 3.05) is 38.2 Å². The average molecular weight is 248 g/mol. The molecule has 0 aliphatic carbocycles. The second kappa shape index (κ2) is 6.64. The van der Waals surface area contributed by atoms with E-state index in [0.29, 0.717) is 0 Å². The van der Waals surface area contributed by atoms with E-state index in [2.05, 4.69) is 35.3 Å². The number of ether oxygens (including phenoxy) is 1. The predicted octanol–water partition coefficient (Wildman–Crippen LogP) is 2.52. The van der Waals surface area contributed by atoms with Gasteiger partial charge in [-0.2, -0.15) is 0 Å². The van der Waals surface area contributed by atoms with Crippen molar-refractivity contribution in [3.63, 3.8) is 0 Å². The number of hydrogen-bond donors (Lipinski definition) is 1. The first-order chi connectivity index (χ1) is 8.83. The molecule has 1 unspecified atom stereocenters. The van der Waals surface area contributed by atoms with Gasteiger partial charge in [-0.15, -0.1) is 0 Å². The quantitative estimate of drug-likeness (QED) is 0.783. The van der Waals surface area contributed by atoms with Crippen LogP contribution in [-0.4, -0.2) is 33.3 Å². The summed E-state index contributed by atoms with van der Waals surface area (Å²) in [7, 11) is 1.72. The van der Waals surface area contributed by atoms with E-state index in [1.54, 1.807) is 7.11 Å². The maximum Gasteiger partial charge on any atom is 0.120 e. The van der Waals surface area contributed by atoms with Crippen molar-refractivity contribution in [2.24, 2.45) is 5.92 Å². The number of hydrogen-bond acceptors (Lipinski definition) is 3. The van der Waals surface area contributed by atoms with Gasteiger partial charge in [0.25, 0.3) is 0 Å². The largest absolute Gasteiger partial charge is 0.497 e. The Bertz CT molecular complexity index is 367. The molecule has 18 heavy (non-hydrogen) atoms. The van der Waals surface area contributed by atoms with E-state index in [1.807, 2.05) is 6.07 Å². The third kappa shape index (κ3) is 3.39. The van der Waals surface area contributed by atoms with Crippen LogP contribution in [-0.2, 0) is 0 Å². The van der Waals surface area contributed by atoms with Crippen LogP contribution in [0.25, 0.3) is 0 Å². The Hall–Kier alpha value is -1.22. The zero-order valence-electron chi connectivity index (χ0n) is 11.5. The predicted molar refractivity (Wildman–Crippen MR) is 76.5 cm³/mol. The van der Waals surface area contributed by atoms with Gasteiger partial charge in [0, 0.05) is 24.8 Å². The van der Waals surface area contributed by atoms with Crippen molar-refractivity contribution < 1.29 is 4.74 Å². The van der Waals surface area contributed by atoms with Gasteiger partial charge < -0.3 is 15.0 Å². The van der Waals surface area contributed by atoms with Crippen LogP contribution in [0.1, 0.15) is 19.8 Å². The molecule has 1 heterocycles. The van der Waals surface area contributed by atoms with Gasteiger partial charge in [0.15, 0.2) is 0 Å². The highest BCUT2D eigenvalue weighted by atomic mass is 16.5. The minimum absolute atomic E-state index is 0.780. The second-order valence-corrected chi connectivity index (χ2v) is 5.01. The van der Waals surface area contributed by atoms with Crippen LogP contribution in [0.5, 0.6) is 5.75 Å². The molecule has 1 atom stereocenters. The third-order valence-electron chi connectivity index (χ3n) is 3.56. The van der Waals surface area contributed by atoms with Crippen LogP contribution in [0.3, 0.4) is 0 Å². The first kappa shape index (κ1) is 13.2. The molecule has 0 amide bonds. The molecular weight excluding hydrogens is 224 g/mol. The van der Waals surface area contributed by atoms with E-state index in [4.69, 9.17) is 4.74 Å². The molecule has 1 N–H and O–H groups in total. The van der Waals surface area contributed by atoms with Crippen molar-refractivity contribution in [1.29, 1.82) is 0 Å². The van der Waals surface area contributed by atoms with Crippen LogP contribution in [0.4, 0.5) is 5.69 Å². The summed E-state index contributed by atoms with van der Waals surface area (Å²) in [5, 5.41) is 3.52. The average Bonchev–Trinajstić information content (AvgIpc) is 2.88. The van der Waals surface area contributed by atoms with Crippen LogP contribution in [0, 0.1) is 5.92 Å². The molecule has 0 saturated carbocycles. The molecule has 1 aromatic carbocycles. The van der Waals surface area contributed by atoms with Crippen molar-refractivity contribution >= 4 is 5.69 Å². The molecule has 1 aliphatic rings. The van der Waals surface area contributed by atoms with E-state index in [9.17, 15) is 0 Å². The molecule has 3 nitrogen and oxygen atoms in total. The topological polar surface area (TPSA) is 24.5 Å². The summed E-state index contributed by atoms with van der Waals surface area (Å²) >= 11 is 0. The Morgan fingerprint density at radius 1 is 1.44 bits per heavy atom. The van der Waals surface area contributed by atoms with Crippen molar-refractivity contribution in [2.45, 2.75) is 19.8 Å². The number of benzene rings is 1. The number of methoxy groups -OCH3 is 1. The van der Waals surface area contributed by atoms with Gasteiger partial charge >= 0.3 is 0 Å². The molecule has 2 rings (SSSR count). The summed E-state index contributed by atoms with van der Waals surface area (Å²) in [6.45, 7) is 6.81. The van der Waals surface area contributed by atoms with Gasteiger partial charge in [-0.3, -0.25) is 0 Å². The van der Waals surface area contributed by atoms with E-state index in [1.165, 1.54) is 18.5 Å². The van der Waals surface area contributed by atoms with E-state index >= 15 is 0 Å². The maximum absolute atomic E-state index is 5.28. The first-order valence-electron chi connectivity index (χ1n) is 6.93. The second-order valence-electron chi connectivity index (χ2n) is 5.01. The van der Waals surface area contributed by atoms with Gasteiger partial charge in [-0.05, 0) is 44.0 Å². The highest BCUT2D eigenvalue weighted by Crippen LogP contribution is 2.26. The zero-order chi connectivity index (χ0) is 12.8. The normalized spacial score (nSPS) is 19.2. The molecule has 100 valence electrons. The van der Waals surface area contributed by atoms with Crippen LogP contribution in [0.15, 0.2) is 24.3 Å². The molecule has 0 spiro atoms. The molecule has 0 aromatic heterocycles. The minimum Gasteiger partial charge on any atom is -0.497 e. The summed E-state index contributed by atoms with van der Waals surface area (Å²) in [5.41, 5.74) is 1.28. The summed E-state index contributed by atoms with van der Waals surface area (Å²) in [6, 6.07) is 8.36. The fourth-order valence-electron chi connectivity index (χ4n) is 2.52. The molecule has 1 aliphatic heterocycles. The van der Waals surface area contributed by atoms with E-state index in [-0.39, 0.29) is 0 Å². The summed E-state index contributed by atoms with van der Waals surface area (Å²) in [5.74, 6) is 1.72. The number of nitrogens with one attached hydrogen (secondary N) is 1. The van der Waals surface area contributed by atoms with E-state index in [0.717, 1.165) is 37.8 Å². The van der Waals surface area contributed by atoms with Gasteiger partial charge in [0.2, 0.25) is 0 Å². The van der Waals surface area contributed by atoms with Gasteiger partial charge in [0.05, 0.1) is 7.11 Å². The Morgan fingerprint density at radius 3 is 3.11 bits per heavy atom. The molecule has 0 bridgehead atoms. The van der Waals surface area contributed by atoms with Crippen LogP contribution < -0.4 is 15.0 Å². The lowest BCUT2D eigenvalue weighted by molar-refractivity contribution is 0.415. The monoisotopic (exact) mass is 248 g/mol. The number of rotatable bonds is 6. The molecule has 3 heteroatoms. The summed E-state index contributed by atoms with van der Waals surface area (Å²) in [4.78, 5) is 2.46. The van der Waals surface area contributed by atoms with Crippen molar-refractivity contribution in [3.05, 3.63) is 24.3 Å². The lowest BCUT2D eigenvalue weighted by Gasteiger charge is -2.19. The fraction of sp³-hybridized carbons (Fsp3) is 0.600. The Morgan fingerprint density at radius 2 is 2.33 bits per heavy atom. The number of anilines is 1. The molecule has 1 aromatic rings. The fourth-order valence-corrected chi connectivity index (χ4v) is 2.52. The first-order valence-corrected chi connectivity index (χ1v) is 6.93. The van der Waals surface area contributed by atoms with Crippen molar-refractivity contribution in [1.82, 2.24) is 5.32 Å². The molecule has 1 saturated heterocycles. The molecular formula is C15H24N2O. The lowest BCUT2D eigenvalue weighted by Crippen LogP contribution is -2.26. The Balaban J connectivity index is 1.87. The Labute approximate surface area is 110 Å². The maximum atomic E-state index is 5.28. The zero-order valence-corrected chi connectivity index (χ0v) is 11.5. The lowest BCUT2D eigenvalue weighted by atomic mass is 10.1. The third-order valence-corrected chi connectivity index (χ3v) is 3.56. The van der Waals surface area contributed by atoms with E-state index < -0.39 is 0 Å². The standard InChI is InChI=1S/C15H24N2O/c1-3-8-16-11-13-7-9-17(12-13)14-5-4-6-15(10-14)18-2/h4-6,10,13,16H,3,7-9,11-12H2,1-2H3. The SMILES string of the molecule is CCCNCC1CCN(c2cccc(OC)c2)C1. The van der Waals surface area contributed by atoms with Gasteiger partial charge in [-0.1, -0.05) is 13.0 Å². The minimum atomic E-state index is 0.780. The number of nitrogens with zero attached hydrogens (tertiary/aromatic N) is 1. The van der Waals surface area contributed by atoms with Crippen molar-refractivity contribution in [3.8, 4) is 5.75 Å². The van der Waals surface area contributed by atoms with Gasteiger partial charge in [-0.25, -0.2) is 0 Å². The van der Waals surface area contributed by atoms with Gasteiger partial charge in [0.1, 0.15) is 5.75 Å². The Kier molecular flexibility index (Phi) is 4.88. The summed E-state index contributed by atoms with van der Waals surface area (Å²) in [6.07, 6.45) is 2.50. The molecule has 0 radical (unpaired) electrons. The highest BCUT2D eigenvalue weighted by Gasteiger charge is 2.22. The van der Waals surface area contributed by atoms with Crippen LogP contribution >= 0.6 is 0 Å². The van der Waals surface area contributed by atoms with Crippen LogP contribution in [0.2, 0.25) is 0 Å². The smallest absolute Gasteiger partial charge is 0.120 e. The molecule has 1 fully saturated rings. The highest BCUT2D eigenvalue weighted by molar-refractivity contribution is 5.51.